The number of oxime groups is 1. The van der Waals surface area contributed by atoms with Crippen LogP contribution in [0.1, 0.15) is 25.0 Å². The maximum Gasteiger partial charge on any atom is 0.155 e. The van der Waals surface area contributed by atoms with Gasteiger partial charge in [-0.25, -0.2) is 0 Å². The number of anilines is 1. The van der Waals surface area contributed by atoms with Crippen LogP contribution in [0.25, 0.3) is 0 Å². The van der Waals surface area contributed by atoms with Crippen molar-refractivity contribution in [2.45, 2.75) is 25.8 Å². The van der Waals surface area contributed by atoms with Crippen LogP contribution in [0.2, 0.25) is 0 Å². The first-order valence-electron chi connectivity index (χ1n) is 9.64. The topological polar surface area (TPSA) is 45.1 Å². The van der Waals surface area contributed by atoms with Crippen molar-refractivity contribution in [3.8, 4) is 0 Å². The van der Waals surface area contributed by atoms with Crippen LogP contribution in [0.5, 0.6) is 0 Å². The highest BCUT2D eigenvalue weighted by Crippen LogP contribution is 2.26. The molecule has 2 rings (SSSR count). The van der Waals surface area contributed by atoms with Gasteiger partial charge in [0.2, 0.25) is 0 Å². The first kappa shape index (κ1) is 22.4. The van der Waals surface area contributed by atoms with Crippen molar-refractivity contribution in [2.75, 3.05) is 33.1 Å². The third-order valence-corrected chi connectivity index (χ3v) is 5.05. The molecular formula is C24H31N3O2. The number of likely N-dealkylation sites (N-methyl/N-ethyl adjacent to an activating group) is 1. The Balaban J connectivity index is 2.49. The minimum absolute atomic E-state index is 0.0863. The standard InChI is InChI=1S/C24H31N3O2/c1-19(28)16-17-29-25-23(21-12-14-22(15-13-21)26(3)4)24(2,27(5)6)18-20-10-8-7-9-11-20/h7-17H,18H2,1-6H3. The second kappa shape index (κ2) is 10.0. The third-order valence-electron chi connectivity index (χ3n) is 5.05. The average Bonchev–Trinajstić information content (AvgIpc) is 2.68. The van der Waals surface area contributed by atoms with Gasteiger partial charge in [-0.3, -0.25) is 9.69 Å². The van der Waals surface area contributed by atoms with E-state index in [0.29, 0.717) is 0 Å². The van der Waals surface area contributed by atoms with Crippen molar-refractivity contribution in [1.29, 1.82) is 0 Å². The maximum absolute atomic E-state index is 11.2. The van der Waals surface area contributed by atoms with Gasteiger partial charge in [0.05, 0.1) is 5.54 Å². The van der Waals surface area contributed by atoms with Crippen LogP contribution in [0.4, 0.5) is 5.69 Å². The lowest BCUT2D eigenvalue weighted by Crippen LogP contribution is -2.50. The van der Waals surface area contributed by atoms with Crippen molar-refractivity contribution in [3.63, 3.8) is 0 Å². The molecule has 0 bridgehead atoms. The van der Waals surface area contributed by atoms with Crippen LogP contribution in [0.3, 0.4) is 0 Å². The largest absolute Gasteiger partial charge is 0.378 e. The quantitative estimate of drug-likeness (QED) is 0.278. The van der Waals surface area contributed by atoms with Gasteiger partial charge in [-0.15, -0.1) is 0 Å². The number of nitrogens with zero attached hydrogens (tertiary/aromatic N) is 3. The summed E-state index contributed by atoms with van der Waals surface area (Å²) >= 11 is 0. The van der Waals surface area contributed by atoms with Gasteiger partial charge in [-0.05, 0) is 52.1 Å². The van der Waals surface area contributed by atoms with Crippen LogP contribution in [-0.2, 0) is 16.1 Å². The zero-order valence-electron chi connectivity index (χ0n) is 18.2. The van der Waals surface area contributed by atoms with Gasteiger partial charge >= 0.3 is 0 Å². The van der Waals surface area contributed by atoms with Gasteiger partial charge in [0.15, 0.2) is 5.78 Å². The molecule has 0 fully saturated rings. The molecule has 5 heteroatoms. The van der Waals surface area contributed by atoms with E-state index in [1.165, 1.54) is 24.8 Å². The molecule has 29 heavy (non-hydrogen) atoms. The molecule has 0 saturated heterocycles. The second-order valence-electron chi connectivity index (χ2n) is 7.73. The third kappa shape index (κ3) is 6.03. The molecule has 0 aromatic heterocycles. The minimum atomic E-state index is -0.426. The molecule has 0 radical (unpaired) electrons. The van der Waals surface area contributed by atoms with E-state index in [-0.39, 0.29) is 5.78 Å². The predicted octanol–water partition coefficient (Wildman–Crippen LogP) is 4.14. The monoisotopic (exact) mass is 393 g/mol. The highest BCUT2D eigenvalue weighted by molar-refractivity contribution is 6.07. The fourth-order valence-corrected chi connectivity index (χ4v) is 3.04. The number of hydrogen-bond donors (Lipinski definition) is 0. The molecule has 1 unspecified atom stereocenters. The lowest BCUT2D eigenvalue weighted by atomic mass is 9.83. The van der Waals surface area contributed by atoms with Crippen LogP contribution in [0.15, 0.2) is 72.1 Å². The summed E-state index contributed by atoms with van der Waals surface area (Å²) in [6.45, 7) is 3.63. The molecule has 0 spiro atoms. The first-order valence-corrected chi connectivity index (χ1v) is 9.64. The number of benzene rings is 2. The summed E-state index contributed by atoms with van der Waals surface area (Å²) in [5, 5.41) is 4.45. The highest BCUT2D eigenvalue weighted by Gasteiger charge is 2.35. The summed E-state index contributed by atoms with van der Waals surface area (Å²) in [5.41, 5.74) is 3.66. The number of hydrogen-bond acceptors (Lipinski definition) is 5. The number of rotatable bonds is 9. The Bertz CT molecular complexity index is 855. The molecule has 2 aromatic carbocycles. The fourth-order valence-electron chi connectivity index (χ4n) is 3.04. The van der Waals surface area contributed by atoms with Crippen LogP contribution in [0, 0.1) is 0 Å². The molecule has 0 aliphatic rings. The summed E-state index contributed by atoms with van der Waals surface area (Å²) in [4.78, 5) is 20.8. The molecule has 0 heterocycles. The molecule has 0 saturated carbocycles. The molecule has 154 valence electrons. The molecule has 1 atom stereocenters. The first-order chi connectivity index (χ1) is 13.7. The van der Waals surface area contributed by atoms with Gasteiger partial charge in [-0.1, -0.05) is 47.6 Å². The van der Waals surface area contributed by atoms with Crippen molar-refractivity contribution in [1.82, 2.24) is 4.90 Å². The van der Waals surface area contributed by atoms with E-state index in [4.69, 9.17) is 4.84 Å². The van der Waals surface area contributed by atoms with Gasteiger partial charge in [0, 0.05) is 31.4 Å². The number of carbonyl (C=O) groups is 1. The molecule has 0 aliphatic carbocycles. The van der Waals surface area contributed by atoms with Gasteiger partial charge < -0.3 is 9.74 Å². The van der Waals surface area contributed by atoms with Crippen LogP contribution in [-0.4, -0.2) is 50.1 Å². The predicted molar refractivity (Wildman–Crippen MR) is 120 cm³/mol. The second-order valence-corrected chi connectivity index (χ2v) is 7.73. The zero-order valence-corrected chi connectivity index (χ0v) is 18.2. The van der Waals surface area contributed by atoms with E-state index >= 15 is 0 Å². The molecule has 0 amide bonds. The van der Waals surface area contributed by atoms with E-state index < -0.39 is 5.54 Å². The SMILES string of the molecule is CC(=O)C=CON=C(c1ccc(N(C)C)cc1)C(C)(Cc1ccccc1)N(C)C. The minimum Gasteiger partial charge on any atom is -0.378 e. The Labute approximate surface area is 174 Å². The van der Waals surface area contributed by atoms with Crippen molar-refractivity contribution >= 4 is 17.2 Å². The lowest BCUT2D eigenvalue weighted by Gasteiger charge is -2.37. The van der Waals surface area contributed by atoms with E-state index in [0.717, 1.165) is 23.4 Å². The number of ketones is 1. The zero-order chi connectivity index (χ0) is 21.4. The van der Waals surface area contributed by atoms with Gasteiger partial charge in [0.1, 0.15) is 12.0 Å². The molecule has 5 nitrogen and oxygen atoms in total. The average molecular weight is 394 g/mol. The van der Waals surface area contributed by atoms with E-state index in [1.807, 2.05) is 46.4 Å². The number of carbonyl (C=O) groups excluding carboxylic acids is 1. The Hall–Kier alpha value is -2.92. The molecule has 0 aliphatic heterocycles. The summed E-state index contributed by atoms with van der Waals surface area (Å²) in [6.07, 6.45) is 3.45. The van der Waals surface area contributed by atoms with E-state index in [2.05, 4.69) is 58.3 Å². The van der Waals surface area contributed by atoms with Crippen LogP contribution < -0.4 is 4.90 Å². The highest BCUT2D eigenvalue weighted by atomic mass is 16.6. The molecule has 0 N–H and O–H groups in total. The molecular weight excluding hydrogens is 362 g/mol. The fraction of sp³-hybridized carbons (Fsp3) is 0.333. The van der Waals surface area contributed by atoms with Crippen molar-refractivity contribution in [3.05, 3.63) is 78.1 Å². The molecule has 2 aromatic rings. The Morgan fingerprint density at radius 2 is 1.66 bits per heavy atom. The Morgan fingerprint density at radius 1 is 1.03 bits per heavy atom. The van der Waals surface area contributed by atoms with Gasteiger partial charge in [-0.2, -0.15) is 0 Å². The van der Waals surface area contributed by atoms with E-state index in [9.17, 15) is 4.79 Å². The van der Waals surface area contributed by atoms with Gasteiger partial charge in [0.25, 0.3) is 0 Å². The maximum atomic E-state index is 11.2. The summed E-state index contributed by atoms with van der Waals surface area (Å²) in [6, 6.07) is 18.6. The van der Waals surface area contributed by atoms with Crippen molar-refractivity contribution in [2.24, 2.45) is 5.16 Å². The number of allylic oxidation sites excluding steroid dienone is 1. The Kier molecular flexibility index (Phi) is 7.74. The van der Waals surface area contributed by atoms with Crippen LogP contribution >= 0.6 is 0 Å². The van der Waals surface area contributed by atoms with Crippen molar-refractivity contribution < 1.29 is 9.63 Å². The lowest BCUT2D eigenvalue weighted by molar-refractivity contribution is -0.112. The Morgan fingerprint density at radius 3 is 2.17 bits per heavy atom. The normalized spacial score (nSPS) is 14.1. The smallest absolute Gasteiger partial charge is 0.155 e. The summed E-state index contributed by atoms with van der Waals surface area (Å²) in [5.74, 6) is -0.0863. The summed E-state index contributed by atoms with van der Waals surface area (Å²) in [7, 11) is 8.11. The summed E-state index contributed by atoms with van der Waals surface area (Å²) < 4.78 is 0. The van der Waals surface area contributed by atoms with E-state index in [1.54, 1.807) is 0 Å².